The topological polar surface area (TPSA) is 43.6 Å². The summed E-state index contributed by atoms with van der Waals surface area (Å²) < 4.78 is 1.87. The molecule has 2 heterocycles. The molecule has 98 valence electrons. The molecule has 0 radical (unpaired) electrons. The van der Waals surface area contributed by atoms with Gasteiger partial charge in [-0.2, -0.15) is 5.10 Å². The van der Waals surface area contributed by atoms with Crippen LogP contribution in [0.4, 0.5) is 0 Å². The van der Waals surface area contributed by atoms with Gasteiger partial charge in [-0.25, -0.2) is 0 Å². The van der Waals surface area contributed by atoms with E-state index in [1.165, 1.54) is 5.56 Å². The van der Waals surface area contributed by atoms with Crippen LogP contribution >= 0.6 is 0 Å². The Kier molecular flexibility index (Phi) is 3.90. The maximum atomic E-state index is 4.52. The molecule has 2 aromatic heterocycles. The van der Waals surface area contributed by atoms with Crippen LogP contribution in [0.5, 0.6) is 0 Å². The fourth-order valence-corrected chi connectivity index (χ4v) is 1.99. The van der Waals surface area contributed by atoms with Gasteiger partial charge in [-0.15, -0.1) is 0 Å². The van der Waals surface area contributed by atoms with E-state index in [0.717, 1.165) is 22.3 Å². The highest BCUT2D eigenvalue weighted by molar-refractivity contribution is 5.92. The lowest BCUT2D eigenvalue weighted by Gasteiger charge is -1.96. The summed E-state index contributed by atoms with van der Waals surface area (Å²) in [5.74, 6) is 0. The summed E-state index contributed by atoms with van der Waals surface area (Å²) in [6, 6.07) is 6.30. The number of hydrogen-bond donors (Lipinski definition) is 0. The van der Waals surface area contributed by atoms with Gasteiger partial charge in [0.2, 0.25) is 0 Å². The first-order valence-corrected chi connectivity index (χ1v) is 6.45. The standard InChI is InChI=1S/C13H12N4.C2H6/c1-9-3-4-12-10(7-9)13(16-17(12)2)11-8-14-5-6-15-11;1-2/h3-8H,1-2H3;1-2H3. The van der Waals surface area contributed by atoms with Gasteiger partial charge in [-0.1, -0.05) is 25.5 Å². The van der Waals surface area contributed by atoms with Crippen LogP contribution in [-0.2, 0) is 7.05 Å². The van der Waals surface area contributed by atoms with E-state index in [0.29, 0.717) is 0 Å². The fraction of sp³-hybridized carbons (Fsp3) is 0.267. The molecule has 3 aromatic rings. The van der Waals surface area contributed by atoms with Crippen molar-refractivity contribution in [2.24, 2.45) is 7.05 Å². The highest BCUT2D eigenvalue weighted by atomic mass is 15.3. The summed E-state index contributed by atoms with van der Waals surface area (Å²) in [6.45, 7) is 6.08. The third-order valence-electron chi connectivity index (χ3n) is 2.81. The maximum absolute atomic E-state index is 4.52. The Morgan fingerprint density at radius 1 is 1.11 bits per heavy atom. The molecule has 0 amide bonds. The van der Waals surface area contributed by atoms with E-state index in [1.807, 2.05) is 25.6 Å². The van der Waals surface area contributed by atoms with E-state index in [1.54, 1.807) is 18.6 Å². The lowest BCUT2D eigenvalue weighted by Crippen LogP contribution is -1.90. The van der Waals surface area contributed by atoms with E-state index in [2.05, 4.69) is 40.2 Å². The van der Waals surface area contributed by atoms with Crippen molar-refractivity contribution in [3.8, 4) is 11.4 Å². The van der Waals surface area contributed by atoms with E-state index >= 15 is 0 Å². The molecule has 0 aliphatic heterocycles. The molecule has 0 spiro atoms. The molecular weight excluding hydrogens is 236 g/mol. The molecule has 0 fully saturated rings. The first-order chi connectivity index (χ1) is 9.25. The molecule has 4 nitrogen and oxygen atoms in total. The summed E-state index contributed by atoms with van der Waals surface area (Å²) >= 11 is 0. The second-order valence-corrected chi connectivity index (χ2v) is 4.08. The molecular formula is C15H18N4. The van der Waals surface area contributed by atoms with Crippen molar-refractivity contribution in [2.75, 3.05) is 0 Å². The molecule has 0 unspecified atom stereocenters. The van der Waals surface area contributed by atoms with Gasteiger partial charge >= 0.3 is 0 Å². The third-order valence-corrected chi connectivity index (χ3v) is 2.81. The first-order valence-electron chi connectivity index (χ1n) is 6.45. The Bertz CT molecular complexity index is 671. The van der Waals surface area contributed by atoms with Crippen LogP contribution in [0.3, 0.4) is 0 Å². The minimum Gasteiger partial charge on any atom is -0.267 e. The molecule has 0 N–H and O–H groups in total. The zero-order valence-electron chi connectivity index (χ0n) is 11.8. The average Bonchev–Trinajstić information content (AvgIpc) is 2.79. The summed E-state index contributed by atoms with van der Waals surface area (Å²) in [4.78, 5) is 8.39. The van der Waals surface area contributed by atoms with Crippen molar-refractivity contribution in [1.29, 1.82) is 0 Å². The van der Waals surface area contributed by atoms with E-state index in [9.17, 15) is 0 Å². The molecule has 0 aliphatic carbocycles. The predicted octanol–water partition coefficient (Wildman–Crippen LogP) is 3.36. The van der Waals surface area contributed by atoms with Crippen LogP contribution < -0.4 is 0 Å². The average molecular weight is 254 g/mol. The molecule has 1 aromatic carbocycles. The van der Waals surface area contributed by atoms with E-state index < -0.39 is 0 Å². The zero-order chi connectivity index (χ0) is 13.8. The van der Waals surface area contributed by atoms with Gasteiger partial charge < -0.3 is 0 Å². The number of fused-ring (bicyclic) bond motifs is 1. The number of aryl methyl sites for hydroxylation is 2. The Labute approximate surface area is 113 Å². The number of nitrogens with zero attached hydrogens (tertiary/aromatic N) is 4. The number of benzene rings is 1. The maximum Gasteiger partial charge on any atom is 0.120 e. The molecule has 3 rings (SSSR count). The lowest BCUT2D eigenvalue weighted by atomic mass is 10.1. The molecule has 0 atom stereocenters. The van der Waals surface area contributed by atoms with Crippen molar-refractivity contribution in [1.82, 2.24) is 19.7 Å². The van der Waals surface area contributed by atoms with Crippen LogP contribution in [0.25, 0.3) is 22.3 Å². The highest BCUT2D eigenvalue weighted by Gasteiger charge is 2.11. The Morgan fingerprint density at radius 2 is 1.89 bits per heavy atom. The van der Waals surface area contributed by atoms with Crippen molar-refractivity contribution < 1.29 is 0 Å². The van der Waals surface area contributed by atoms with Crippen LogP contribution in [0.1, 0.15) is 19.4 Å². The number of rotatable bonds is 1. The minimum atomic E-state index is 0.809. The van der Waals surface area contributed by atoms with Gasteiger partial charge in [0.1, 0.15) is 11.4 Å². The number of hydrogen-bond acceptors (Lipinski definition) is 3. The molecule has 0 aliphatic rings. The van der Waals surface area contributed by atoms with Gasteiger partial charge in [0.05, 0.1) is 11.7 Å². The van der Waals surface area contributed by atoms with Gasteiger partial charge in [-0.3, -0.25) is 14.6 Å². The van der Waals surface area contributed by atoms with Crippen LogP contribution in [0.15, 0.2) is 36.8 Å². The van der Waals surface area contributed by atoms with Gasteiger partial charge in [0.15, 0.2) is 0 Å². The summed E-state index contributed by atoms with van der Waals surface area (Å²) in [6.07, 6.45) is 5.09. The third kappa shape index (κ3) is 2.47. The van der Waals surface area contributed by atoms with Crippen molar-refractivity contribution in [3.05, 3.63) is 42.4 Å². The lowest BCUT2D eigenvalue weighted by molar-refractivity contribution is 0.799. The summed E-state index contributed by atoms with van der Waals surface area (Å²) in [5, 5.41) is 5.63. The number of aromatic nitrogens is 4. The Balaban J connectivity index is 0.000000637. The normalized spacial score (nSPS) is 10.1. The highest BCUT2D eigenvalue weighted by Crippen LogP contribution is 2.26. The minimum absolute atomic E-state index is 0.809. The summed E-state index contributed by atoms with van der Waals surface area (Å²) in [7, 11) is 1.94. The molecule has 0 bridgehead atoms. The van der Waals surface area contributed by atoms with Crippen molar-refractivity contribution in [3.63, 3.8) is 0 Å². The second-order valence-electron chi connectivity index (χ2n) is 4.08. The Hall–Kier alpha value is -2.23. The van der Waals surface area contributed by atoms with Crippen molar-refractivity contribution in [2.45, 2.75) is 20.8 Å². The largest absolute Gasteiger partial charge is 0.267 e. The smallest absolute Gasteiger partial charge is 0.120 e. The molecule has 0 saturated carbocycles. The van der Waals surface area contributed by atoms with Crippen molar-refractivity contribution >= 4 is 10.9 Å². The molecule has 4 heteroatoms. The van der Waals surface area contributed by atoms with Gasteiger partial charge in [0, 0.05) is 24.8 Å². The van der Waals surface area contributed by atoms with Gasteiger partial charge in [0.25, 0.3) is 0 Å². The molecule has 0 saturated heterocycles. The Morgan fingerprint density at radius 3 is 2.58 bits per heavy atom. The fourth-order valence-electron chi connectivity index (χ4n) is 1.99. The van der Waals surface area contributed by atoms with E-state index in [4.69, 9.17) is 0 Å². The monoisotopic (exact) mass is 254 g/mol. The quantitative estimate of drug-likeness (QED) is 0.668. The van der Waals surface area contributed by atoms with E-state index in [-0.39, 0.29) is 0 Å². The molecule has 19 heavy (non-hydrogen) atoms. The van der Waals surface area contributed by atoms with Crippen LogP contribution in [-0.4, -0.2) is 19.7 Å². The van der Waals surface area contributed by atoms with Gasteiger partial charge in [-0.05, 0) is 19.1 Å². The first kappa shape index (κ1) is 13.2. The predicted molar refractivity (Wildman–Crippen MR) is 77.8 cm³/mol. The zero-order valence-corrected chi connectivity index (χ0v) is 11.8. The second kappa shape index (κ2) is 5.61. The summed E-state index contributed by atoms with van der Waals surface area (Å²) in [5.41, 5.74) is 4.02. The van der Waals surface area contributed by atoms with Crippen LogP contribution in [0.2, 0.25) is 0 Å². The SMILES string of the molecule is CC.Cc1ccc2c(c1)c(-c1cnccn1)nn2C. The van der Waals surface area contributed by atoms with Crippen LogP contribution in [0, 0.1) is 6.92 Å².